The molecule has 0 unspecified atom stereocenters. The maximum Gasteiger partial charge on any atom is 0.238 e. The molecule has 0 atom stereocenters. The second-order valence-corrected chi connectivity index (χ2v) is 18.0. The first-order valence-electron chi connectivity index (χ1n) is 20.6. The molecule has 290 valence electrons. The Balaban J connectivity index is 1.26. The van der Waals surface area contributed by atoms with Crippen molar-refractivity contribution in [3.63, 3.8) is 0 Å². The van der Waals surface area contributed by atoms with Crippen molar-refractivity contribution < 1.29 is 0 Å². The van der Waals surface area contributed by atoms with Gasteiger partial charge in [-0.1, -0.05) is 84.0 Å². The summed E-state index contributed by atoms with van der Waals surface area (Å²) in [5.41, 5.74) is 11.6. The fraction of sp³-hybridized carbons (Fsp3) is 0.151. The van der Waals surface area contributed by atoms with E-state index < -0.39 is 0 Å². The van der Waals surface area contributed by atoms with E-state index in [1.165, 1.54) is 27.4 Å². The van der Waals surface area contributed by atoms with E-state index in [1.807, 2.05) is 36.7 Å². The normalized spacial score (nSPS) is 12.5. The molecule has 0 N–H and O–H groups in total. The first-order valence-corrected chi connectivity index (χ1v) is 20.6. The minimum absolute atomic E-state index is 0.0208. The Bertz CT molecular complexity index is 3410. The highest BCUT2D eigenvalue weighted by Crippen LogP contribution is 2.42. The molecule has 0 fully saturated rings. The van der Waals surface area contributed by atoms with Crippen LogP contribution < -0.4 is 0 Å². The summed E-state index contributed by atoms with van der Waals surface area (Å²) in [6.45, 7) is 13.7. The van der Waals surface area contributed by atoms with Crippen LogP contribution in [0.25, 0.3) is 99.8 Å². The fourth-order valence-corrected chi connectivity index (χ4v) is 8.69. The van der Waals surface area contributed by atoms with Crippen molar-refractivity contribution in [2.24, 2.45) is 0 Å². The van der Waals surface area contributed by atoms with E-state index in [-0.39, 0.29) is 10.8 Å². The van der Waals surface area contributed by atoms with Gasteiger partial charge >= 0.3 is 0 Å². The third kappa shape index (κ3) is 5.83. The minimum atomic E-state index is -0.0571. The molecule has 0 aliphatic heterocycles. The summed E-state index contributed by atoms with van der Waals surface area (Å²) in [5.74, 6) is 1.73. The summed E-state index contributed by atoms with van der Waals surface area (Å²) < 4.78 is 4.66. The summed E-state index contributed by atoms with van der Waals surface area (Å²) in [4.78, 5) is 25.1. The van der Waals surface area contributed by atoms with Crippen molar-refractivity contribution in [3.05, 3.63) is 163 Å². The van der Waals surface area contributed by atoms with Crippen LogP contribution in [0.4, 0.5) is 0 Å². The average Bonchev–Trinajstić information content (AvgIpc) is 3.76. The number of nitrogens with zero attached hydrogens (tertiary/aromatic N) is 7. The highest BCUT2D eigenvalue weighted by atomic mass is 15.2. The maximum atomic E-state index is 5.36. The SMILES string of the molecule is CC(C)(C)c1ccc2c(c1)c1cc3c(cc1n2-c1ccccc1)c1cc(C(C)(C)C)ccc1n3-c1nc(-c2ccc3ncccc3c2)nc(-c2ccc3ncccc3c2)n1. The molecule has 0 bridgehead atoms. The van der Waals surface area contributed by atoms with Crippen molar-refractivity contribution in [2.75, 3.05) is 0 Å². The molecule has 5 aromatic heterocycles. The number of hydrogen-bond donors (Lipinski definition) is 0. The van der Waals surface area contributed by atoms with Crippen LogP contribution >= 0.6 is 0 Å². The Morgan fingerprint density at radius 1 is 0.400 bits per heavy atom. The van der Waals surface area contributed by atoms with Crippen LogP contribution in [0, 0.1) is 0 Å². The van der Waals surface area contributed by atoms with Gasteiger partial charge in [-0.2, -0.15) is 9.97 Å². The number of benzene rings is 6. The molecule has 0 saturated carbocycles. The van der Waals surface area contributed by atoms with Gasteiger partial charge in [0.15, 0.2) is 11.6 Å². The van der Waals surface area contributed by atoms with E-state index in [4.69, 9.17) is 15.0 Å². The molecular weight excluding hydrogens is 735 g/mol. The molecular formula is C53H43N7. The number of fused-ring (bicyclic) bond motifs is 8. The Kier molecular flexibility index (Phi) is 7.85. The molecule has 6 aromatic carbocycles. The third-order valence-electron chi connectivity index (χ3n) is 11.9. The van der Waals surface area contributed by atoms with Gasteiger partial charge in [-0.3, -0.25) is 14.5 Å². The zero-order valence-corrected chi connectivity index (χ0v) is 34.6. The van der Waals surface area contributed by atoms with Crippen LogP contribution in [0.3, 0.4) is 0 Å². The molecule has 0 aliphatic carbocycles. The first-order chi connectivity index (χ1) is 29.0. The summed E-state index contributed by atoms with van der Waals surface area (Å²) in [6, 6.07) is 49.8. The van der Waals surface area contributed by atoms with E-state index in [1.54, 1.807) is 0 Å². The molecule has 11 aromatic rings. The molecule has 0 spiro atoms. The van der Waals surface area contributed by atoms with Crippen molar-refractivity contribution in [2.45, 2.75) is 52.4 Å². The van der Waals surface area contributed by atoms with E-state index in [0.29, 0.717) is 17.6 Å². The molecule has 7 nitrogen and oxygen atoms in total. The topological polar surface area (TPSA) is 74.3 Å². The maximum absolute atomic E-state index is 5.36. The average molecular weight is 778 g/mol. The van der Waals surface area contributed by atoms with Gasteiger partial charge in [-0.15, -0.1) is 0 Å². The predicted octanol–water partition coefficient (Wildman–Crippen LogP) is 13.1. The van der Waals surface area contributed by atoms with Crippen LogP contribution in [0.2, 0.25) is 0 Å². The number of para-hydroxylation sites is 1. The highest BCUT2D eigenvalue weighted by Gasteiger charge is 2.24. The second-order valence-electron chi connectivity index (χ2n) is 18.0. The van der Waals surface area contributed by atoms with Gasteiger partial charge in [-0.05, 0) is 119 Å². The van der Waals surface area contributed by atoms with Gasteiger partial charge in [-0.25, -0.2) is 4.98 Å². The zero-order valence-electron chi connectivity index (χ0n) is 34.6. The third-order valence-corrected chi connectivity index (χ3v) is 11.9. The number of rotatable bonds is 4. The lowest BCUT2D eigenvalue weighted by Gasteiger charge is -2.19. The van der Waals surface area contributed by atoms with Crippen LogP contribution in [0.15, 0.2) is 152 Å². The molecule has 60 heavy (non-hydrogen) atoms. The Labute approximate surface area is 348 Å². The lowest BCUT2D eigenvalue weighted by atomic mass is 9.86. The van der Waals surface area contributed by atoms with Gasteiger partial charge in [0.1, 0.15) is 0 Å². The van der Waals surface area contributed by atoms with Crippen LogP contribution in [0.1, 0.15) is 52.7 Å². The number of hydrogen-bond acceptors (Lipinski definition) is 5. The van der Waals surface area contributed by atoms with Gasteiger partial charge in [0, 0.05) is 61.5 Å². The van der Waals surface area contributed by atoms with Crippen molar-refractivity contribution >= 4 is 65.4 Å². The predicted molar refractivity (Wildman–Crippen MR) is 247 cm³/mol. The van der Waals surface area contributed by atoms with Crippen molar-refractivity contribution in [3.8, 4) is 34.4 Å². The lowest BCUT2D eigenvalue weighted by molar-refractivity contribution is 0.591. The quantitative estimate of drug-likeness (QED) is 0.178. The van der Waals surface area contributed by atoms with Gasteiger partial charge in [0.25, 0.3) is 0 Å². The summed E-state index contributed by atoms with van der Waals surface area (Å²) in [6.07, 6.45) is 3.64. The molecule has 0 aliphatic rings. The van der Waals surface area contributed by atoms with Crippen molar-refractivity contribution in [1.29, 1.82) is 0 Å². The first kappa shape index (κ1) is 35.9. The van der Waals surface area contributed by atoms with Crippen LogP contribution in [-0.2, 0) is 10.8 Å². The zero-order chi connectivity index (χ0) is 40.9. The van der Waals surface area contributed by atoms with Gasteiger partial charge < -0.3 is 4.57 Å². The monoisotopic (exact) mass is 777 g/mol. The standard InChI is InChI=1S/C53H43N7/c1-52(2,3)36-18-22-45-39(28-36)41-31-48-42(30-47(41)59(45)38-14-8-7-9-15-38)40-29-37(53(4,5)6)19-23-46(40)60(48)51-57-49(34-16-20-43-32(26-34)12-10-24-54-43)56-50(58-51)35-17-21-44-33(27-35)13-11-25-55-44/h7-31H,1-6H3. The number of pyridine rings is 2. The second kappa shape index (κ2) is 13.1. The van der Waals surface area contributed by atoms with Crippen molar-refractivity contribution in [1.82, 2.24) is 34.1 Å². The van der Waals surface area contributed by atoms with Crippen LogP contribution in [-0.4, -0.2) is 34.1 Å². The van der Waals surface area contributed by atoms with Gasteiger partial charge in [0.2, 0.25) is 5.95 Å². The molecule has 11 rings (SSSR count). The van der Waals surface area contributed by atoms with Gasteiger partial charge in [0.05, 0.1) is 33.1 Å². The molecule has 5 heterocycles. The molecule has 0 saturated heterocycles. The Morgan fingerprint density at radius 3 is 1.40 bits per heavy atom. The Morgan fingerprint density at radius 2 is 0.883 bits per heavy atom. The van der Waals surface area contributed by atoms with Crippen LogP contribution in [0.5, 0.6) is 0 Å². The summed E-state index contributed by atoms with van der Waals surface area (Å²) in [7, 11) is 0. The van der Waals surface area contributed by atoms with E-state index in [0.717, 1.165) is 65.9 Å². The number of aromatic nitrogens is 7. The molecule has 7 heteroatoms. The fourth-order valence-electron chi connectivity index (χ4n) is 8.69. The molecule has 0 amide bonds. The van der Waals surface area contributed by atoms with E-state index >= 15 is 0 Å². The Hall–Kier alpha value is -7.25. The molecule has 0 radical (unpaired) electrons. The lowest BCUT2D eigenvalue weighted by Crippen LogP contribution is -2.10. The summed E-state index contributed by atoms with van der Waals surface area (Å²) >= 11 is 0. The largest absolute Gasteiger partial charge is 0.309 e. The van der Waals surface area contributed by atoms with E-state index in [2.05, 4.69) is 176 Å². The smallest absolute Gasteiger partial charge is 0.238 e. The summed E-state index contributed by atoms with van der Waals surface area (Å²) in [5, 5.41) is 6.71. The highest BCUT2D eigenvalue weighted by molar-refractivity contribution is 6.19. The van der Waals surface area contributed by atoms with E-state index in [9.17, 15) is 0 Å². The minimum Gasteiger partial charge on any atom is -0.309 e.